The average molecular weight is 1090 g/mol. The van der Waals surface area contributed by atoms with Crippen LogP contribution in [0.5, 0.6) is 0 Å². The largest absolute Gasteiger partial charge is 0.462 e. The third-order valence-electron chi connectivity index (χ3n) is 14.9. The topological polar surface area (TPSA) is 78.9 Å². The van der Waals surface area contributed by atoms with Gasteiger partial charge in [0.25, 0.3) is 0 Å². The van der Waals surface area contributed by atoms with E-state index in [0.717, 1.165) is 96.3 Å². The van der Waals surface area contributed by atoms with Gasteiger partial charge in [0.1, 0.15) is 13.2 Å². The molecule has 0 aliphatic carbocycles. The van der Waals surface area contributed by atoms with Crippen molar-refractivity contribution in [3.8, 4) is 0 Å². The lowest BCUT2D eigenvalue weighted by molar-refractivity contribution is -0.167. The van der Waals surface area contributed by atoms with Crippen molar-refractivity contribution in [3.05, 3.63) is 72.9 Å². The second-order valence-corrected chi connectivity index (χ2v) is 22.7. The number of allylic oxidation sites excluding steroid dienone is 12. The smallest absolute Gasteiger partial charge is 0.306 e. The summed E-state index contributed by atoms with van der Waals surface area (Å²) in [4.78, 5) is 38.3. The molecule has 0 saturated heterocycles. The van der Waals surface area contributed by atoms with Crippen molar-refractivity contribution in [1.82, 2.24) is 0 Å². The van der Waals surface area contributed by atoms with Gasteiger partial charge in [-0.25, -0.2) is 0 Å². The normalized spacial score (nSPS) is 12.5. The Kier molecular flexibility index (Phi) is 63.7. The molecule has 0 aromatic rings. The van der Waals surface area contributed by atoms with Crippen molar-refractivity contribution < 1.29 is 28.6 Å². The minimum atomic E-state index is -0.783. The maximum atomic E-state index is 12.9. The molecular weight excluding hydrogens is 961 g/mol. The van der Waals surface area contributed by atoms with Crippen LogP contribution in [-0.4, -0.2) is 37.2 Å². The van der Waals surface area contributed by atoms with Crippen molar-refractivity contribution in [2.45, 2.75) is 354 Å². The Labute approximate surface area is 484 Å². The second kappa shape index (κ2) is 66.4. The summed E-state index contributed by atoms with van der Waals surface area (Å²) in [5.74, 6) is -0.876. The number of rotatable bonds is 62. The van der Waals surface area contributed by atoms with E-state index >= 15 is 0 Å². The van der Waals surface area contributed by atoms with Crippen LogP contribution in [0.2, 0.25) is 0 Å². The molecule has 6 nitrogen and oxygen atoms in total. The third kappa shape index (κ3) is 63.7. The van der Waals surface area contributed by atoms with Crippen LogP contribution < -0.4 is 0 Å². The average Bonchev–Trinajstić information content (AvgIpc) is 3.44. The fraction of sp³-hybridized carbons (Fsp3) is 0.792. The Balaban J connectivity index is 4.28. The maximum absolute atomic E-state index is 12.9. The predicted molar refractivity (Wildman–Crippen MR) is 339 cm³/mol. The molecule has 0 aromatic carbocycles. The molecule has 0 fully saturated rings. The summed E-state index contributed by atoms with van der Waals surface area (Å²) in [6.07, 6.45) is 86.3. The highest BCUT2D eigenvalue weighted by Gasteiger charge is 2.19. The van der Waals surface area contributed by atoms with Gasteiger partial charge < -0.3 is 14.2 Å². The molecule has 452 valence electrons. The van der Waals surface area contributed by atoms with E-state index in [1.54, 1.807) is 0 Å². The lowest BCUT2D eigenvalue weighted by Crippen LogP contribution is -2.30. The standard InChI is InChI=1S/C72H128O6/c1-4-7-10-13-16-19-22-25-27-29-31-33-34-35-36-37-38-40-41-43-45-47-50-53-56-59-62-65-71(74)77-68-69(67-76-70(73)64-61-58-55-52-49-24-21-18-15-12-9-6-3)78-72(75)66-63-60-57-54-51-48-46-44-42-39-32-30-28-26-23-20-17-14-11-8-5-2/h22-23,25-26,29-32,34-35,42,44,69H,4-21,24,27-28,33,36-41,43,45-68H2,1-3H3/b25-22-,26-23-,31-29-,32-30-,35-34-,44-42-. The molecule has 0 heterocycles. The van der Waals surface area contributed by atoms with Gasteiger partial charge in [-0.15, -0.1) is 0 Å². The molecule has 0 aromatic heterocycles. The van der Waals surface area contributed by atoms with Crippen LogP contribution in [0.3, 0.4) is 0 Å². The van der Waals surface area contributed by atoms with Gasteiger partial charge >= 0.3 is 17.9 Å². The molecule has 78 heavy (non-hydrogen) atoms. The number of hydrogen-bond acceptors (Lipinski definition) is 6. The van der Waals surface area contributed by atoms with Crippen LogP contribution in [0, 0.1) is 0 Å². The number of unbranched alkanes of at least 4 members (excludes halogenated alkanes) is 39. The first kappa shape index (κ1) is 74.8. The number of ether oxygens (including phenoxy) is 3. The Bertz CT molecular complexity index is 1440. The quantitative estimate of drug-likeness (QED) is 0.0261. The van der Waals surface area contributed by atoms with Gasteiger partial charge in [-0.1, -0.05) is 306 Å². The van der Waals surface area contributed by atoms with Crippen LogP contribution in [0.1, 0.15) is 348 Å². The fourth-order valence-corrected chi connectivity index (χ4v) is 9.81. The highest BCUT2D eigenvalue weighted by molar-refractivity contribution is 5.71. The molecule has 0 saturated carbocycles. The maximum Gasteiger partial charge on any atom is 0.306 e. The molecular formula is C72H128O6. The van der Waals surface area contributed by atoms with E-state index in [4.69, 9.17) is 14.2 Å². The lowest BCUT2D eigenvalue weighted by atomic mass is 10.0. The summed E-state index contributed by atoms with van der Waals surface area (Å²) in [5, 5.41) is 0. The molecule has 0 aliphatic heterocycles. The zero-order valence-corrected chi connectivity index (χ0v) is 51.9. The number of carbonyl (C=O) groups is 3. The van der Waals surface area contributed by atoms with Crippen molar-refractivity contribution in [2.75, 3.05) is 13.2 Å². The molecule has 0 spiro atoms. The van der Waals surface area contributed by atoms with Crippen LogP contribution in [0.15, 0.2) is 72.9 Å². The Morgan fingerprint density at radius 2 is 0.462 bits per heavy atom. The molecule has 1 unspecified atom stereocenters. The molecule has 0 radical (unpaired) electrons. The summed E-state index contributed by atoms with van der Waals surface area (Å²) >= 11 is 0. The third-order valence-corrected chi connectivity index (χ3v) is 14.9. The minimum Gasteiger partial charge on any atom is -0.462 e. The second-order valence-electron chi connectivity index (χ2n) is 22.7. The van der Waals surface area contributed by atoms with Gasteiger partial charge in [0.05, 0.1) is 0 Å². The van der Waals surface area contributed by atoms with E-state index < -0.39 is 6.10 Å². The summed E-state index contributed by atoms with van der Waals surface area (Å²) in [5.41, 5.74) is 0. The summed E-state index contributed by atoms with van der Waals surface area (Å²) < 4.78 is 16.9. The number of hydrogen-bond donors (Lipinski definition) is 0. The summed E-state index contributed by atoms with van der Waals surface area (Å²) in [6.45, 7) is 6.64. The summed E-state index contributed by atoms with van der Waals surface area (Å²) in [6, 6.07) is 0. The Morgan fingerprint density at radius 1 is 0.256 bits per heavy atom. The van der Waals surface area contributed by atoms with Crippen molar-refractivity contribution in [2.24, 2.45) is 0 Å². The molecule has 6 heteroatoms. The minimum absolute atomic E-state index is 0.0780. The highest BCUT2D eigenvalue weighted by Crippen LogP contribution is 2.17. The highest BCUT2D eigenvalue weighted by atomic mass is 16.6. The van der Waals surface area contributed by atoms with Gasteiger partial charge in [0.2, 0.25) is 0 Å². The van der Waals surface area contributed by atoms with E-state index in [2.05, 4.69) is 93.7 Å². The SMILES string of the molecule is CCCCCCC/C=C\C/C=C\C/C=C\CCCCCCCCCCCCCCC(=O)OCC(COC(=O)CCCCCCCCCCCCCC)OC(=O)CCCCCCCC/C=C\C/C=C\C/C=C\CCCCCCC. The van der Waals surface area contributed by atoms with Crippen molar-refractivity contribution in [3.63, 3.8) is 0 Å². The molecule has 0 bridgehead atoms. The first-order valence-electron chi connectivity index (χ1n) is 33.9. The van der Waals surface area contributed by atoms with Gasteiger partial charge in [0.15, 0.2) is 6.10 Å². The van der Waals surface area contributed by atoms with E-state index in [1.807, 2.05) is 0 Å². The lowest BCUT2D eigenvalue weighted by Gasteiger charge is -2.18. The van der Waals surface area contributed by atoms with Crippen LogP contribution >= 0.6 is 0 Å². The zero-order chi connectivity index (χ0) is 56.4. The Morgan fingerprint density at radius 3 is 0.718 bits per heavy atom. The molecule has 0 aliphatic rings. The van der Waals surface area contributed by atoms with Gasteiger partial charge in [-0.3, -0.25) is 14.4 Å². The number of carbonyl (C=O) groups excluding carboxylic acids is 3. The fourth-order valence-electron chi connectivity index (χ4n) is 9.81. The first-order chi connectivity index (χ1) is 38.5. The monoisotopic (exact) mass is 1090 g/mol. The van der Waals surface area contributed by atoms with Crippen molar-refractivity contribution in [1.29, 1.82) is 0 Å². The van der Waals surface area contributed by atoms with E-state index in [0.29, 0.717) is 19.3 Å². The van der Waals surface area contributed by atoms with Gasteiger partial charge in [-0.2, -0.15) is 0 Å². The van der Waals surface area contributed by atoms with Crippen molar-refractivity contribution >= 4 is 17.9 Å². The van der Waals surface area contributed by atoms with E-state index in [9.17, 15) is 14.4 Å². The van der Waals surface area contributed by atoms with Gasteiger partial charge in [-0.05, 0) is 96.3 Å². The molecule has 0 amide bonds. The summed E-state index contributed by atoms with van der Waals surface area (Å²) in [7, 11) is 0. The zero-order valence-electron chi connectivity index (χ0n) is 51.9. The molecule has 0 N–H and O–H groups in total. The van der Waals surface area contributed by atoms with Crippen LogP contribution in [-0.2, 0) is 28.6 Å². The molecule has 0 rings (SSSR count). The van der Waals surface area contributed by atoms with Gasteiger partial charge in [0, 0.05) is 19.3 Å². The Hall–Kier alpha value is -3.15. The van der Waals surface area contributed by atoms with Crippen LogP contribution in [0.4, 0.5) is 0 Å². The predicted octanol–water partition coefficient (Wildman–Crippen LogP) is 23.3. The van der Waals surface area contributed by atoms with E-state index in [1.165, 1.54) is 212 Å². The molecule has 1 atom stereocenters. The number of esters is 3. The van der Waals surface area contributed by atoms with E-state index in [-0.39, 0.29) is 31.1 Å². The first-order valence-corrected chi connectivity index (χ1v) is 33.9. The van der Waals surface area contributed by atoms with Crippen LogP contribution in [0.25, 0.3) is 0 Å².